The predicted octanol–water partition coefficient (Wildman–Crippen LogP) is 0.818. The van der Waals surface area contributed by atoms with Gasteiger partial charge in [-0.15, -0.1) is 0 Å². The van der Waals surface area contributed by atoms with E-state index in [1.807, 2.05) is 6.92 Å². The molecule has 0 saturated carbocycles. The van der Waals surface area contributed by atoms with Crippen molar-refractivity contribution in [3.05, 3.63) is 12.3 Å². The van der Waals surface area contributed by atoms with Gasteiger partial charge in [0.1, 0.15) is 6.26 Å². The van der Waals surface area contributed by atoms with Crippen LogP contribution in [0, 0.1) is 0 Å². The zero-order valence-corrected chi connectivity index (χ0v) is 6.72. The van der Waals surface area contributed by atoms with Gasteiger partial charge in [-0.25, -0.2) is 4.18 Å². The molecule has 0 aromatic carbocycles. The normalized spacial score (nSPS) is 12.2. The van der Waals surface area contributed by atoms with Crippen LogP contribution in [0.3, 0.4) is 0 Å². The summed E-state index contributed by atoms with van der Waals surface area (Å²) in [5, 5.41) is 0. The first-order valence-corrected chi connectivity index (χ1v) is 4.09. The van der Waals surface area contributed by atoms with Crippen LogP contribution in [0.15, 0.2) is 12.3 Å². The number of rotatable bonds is 4. The fourth-order valence-corrected chi connectivity index (χ4v) is 0.536. The minimum absolute atomic E-state index is 0.721. The van der Waals surface area contributed by atoms with Gasteiger partial charge < -0.3 is 4.18 Å². The molecule has 0 rings (SSSR count). The van der Waals surface area contributed by atoms with Crippen LogP contribution < -0.4 is 0 Å². The van der Waals surface area contributed by atoms with Gasteiger partial charge in [-0.3, -0.25) is 0 Å². The molecule has 0 saturated heterocycles. The maximum Gasteiger partial charge on any atom is 0.448 e. The highest BCUT2D eigenvalue weighted by molar-refractivity contribution is 7.81. The fourth-order valence-electron chi connectivity index (χ4n) is 0.243. The van der Waals surface area contributed by atoms with Crippen molar-refractivity contribution < 1.29 is 16.8 Å². The van der Waals surface area contributed by atoms with Crippen molar-refractivity contribution in [2.24, 2.45) is 0 Å². The summed E-state index contributed by atoms with van der Waals surface area (Å²) < 4.78 is 28.9. The number of hydrogen-bond donors (Lipinski definition) is 0. The van der Waals surface area contributed by atoms with E-state index in [2.05, 4.69) is 8.37 Å². The van der Waals surface area contributed by atoms with Crippen molar-refractivity contribution >= 4 is 10.4 Å². The predicted molar refractivity (Wildman–Crippen MR) is 36.4 cm³/mol. The second kappa shape index (κ2) is 4.29. The van der Waals surface area contributed by atoms with Crippen molar-refractivity contribution in [3.8, 4) is 0 Å². The molecule has 0 aromatic heterocycles. The van der Waals surface area contributed by atoms with Gasteiger partial charge in [0.25, 0.3) is 0 Å². The lowest BCUT2D eigenvalue weighted by atomic mass is 10.5. The highest BCUT2D eigenvalue weighted by Crippen LogP contribution is 1.93. The van der Waals surface area contributed by atoms with Crippen LogP contribution in [0.4, 0.5) is 0 Å². The maximum absolute atomic E-state index is 10.4. The van der Waals surface area contributed by atoms with Crippen LogP contribution in [0.1, 0.15) is 13.3 Å². The van der Waals surface area contributed by atoms with Crippen LogP contribution in [-0.4, -0.2) is 15.5 Å². The molecule has 0 bridgehead atoms. The molecule has 0 aliphatic heterocycles. The zero-order chi connectivity index (χ0) is 8.04. The van der Waals surface area contributed by atoms with E-state index in [4.69, 9.17) is 0 Å². The Bertz CT molecular complexity index is 192. The molecule has 0 fully saturated rings. The third kappa shape index (κ3) is 4.34. The molecule has 5 heteroatoms. The van der Waals surface area contributed by atoms with Crippen molar-refractivity contribution in [1.82, 2.24) is 0 Å². The minimum Gasteiger partial charge on any atom is -0.370 e. The van der Waals surface area contributed by atoms with E-state index in [0.29, 0.717) is 0 Å². The molecule has 0 N–H and O–H groups in total. The quantitative estimate of drug-likeness (QED) is 0.580. The average molecular weight is 166 g/mol. The van der Waals surface area contributed by atoms with Crippen LogP contribution >= 0.6 is 0 Å². The summed E-state index contributed by atoms with van der Waals surface area (Å²) in [5.74, 6) is 0. The monoisotopic (exact) mass is 166 g/mol. The van der Waals surface area contributed by atoms with E-state index in [-0.39, 0.29) is 0 Å². The first-order valence-electron chi connectivity index (χ1n) is 2.76. The van der Waals surface area contributed by atoms with E-state index in [0.717, 1.165) is 19.8 Å². The molecule has 0 aliphatic rings. The molecule has 0 radical (unpaired) electrons. The lowest BCUT2D eigenvalue weighted by molar-refractivity contribution is 0.308. The summed E-state index contributed by atoms with van der Waals surface area (Å²) in [6.45, 7) is 1.86. The fraction of sp³-hybridized carbons (Fsp3) is 0.600. The Balaban J connectivity index is 3.80. The Kier molecular flexibility index (Phi) is 4.06. The smallest absolute Gasteiger partial charge is 0.370 e. The summed E-state index contributed by atoms with van der Waals surface area (Å²) in [6, 6.07) is 0. The third-order valence-electron chi connectivity index (χ3n) is 0.709. The Hall–Kier alpha value is -0.550. The lowest BCUT2D eigenvalue weighted by Crippen LogP contribution is -2.02. The Morgan fingerprint density at radius 2 is 2.10 bits per heavy atom. The summed E-state index contributed by atoms with van der Waals surface area (Å²) in [4.78, 5) is 0. The largest absolute Gasteiger partial charge is 0.448 e. The van der Waals surface area contributed by atoms with Crippen molar-refractivity contribution in [1.29, 1.82) is 0 Å². The van der Waals surface area contributed by atoms with Crippen molar-refractivity contribution in [3.63, 3.8) is 0 Å². The molecular weight excluding hydrogens is 156 g/mol. The van der Waals surface area contributed by atoms with Gasteiger partial charge in [0.05, 0.1) is 7.11 Å². The maximum atomic E-state index is 10.4. The average Bonchev–Trinajstić information content (AvgIpc) is 1.89. The zero-order valence-electron chi connectivity index (χ0n) is 5.90. The molecular formula is C5H10O4S. The summed E-state index contributed by atoms with van der Waals surface area (Å²) >= 11 is 0. The van der Waals surface area contributed by atoms with E-state index in [9.17, 15) is 8.42 Å². The Morgan fingerprint density at radius 1 is 1.50 bits per heavy atom. The van der Waals surface area contributed by atoms with Gasteiger partial charge >= 0.3 is 10.4 Å². The first-order chi connectivity index (χ1) is 4.62. The second-order valence-electron chi connectivity index (χ2n) is 1.45. The Morgan fingerprint density at radius 3 is 2.50 bits per heavy atom. The van der Waals surface area contributed by atoms with Gasteiger partial charge in [-0.2, -0.15) is 8.42 Å². The van der Waals surface area contributed by atoms with Gasteiger partial charge in [-0.1, -0.05) is 6.92 Å². The molecule has 0 aromatic rings. The van der Waals surface area contributed by atoms with Crippen LogP contribution in [0.5, 0.6) is 0 Å². The number of hydrogen-bond acceptors (Lipinski definition) is 4. The molecule has 10 heavy (non-hydrogen) atoms. The van der Waals surface area contributed by atoms with E-state index in [1.54, 1.807) is 6.08 Å². The van der Waals surface area contributed by atoms with E-state index >= 15 is 0 Å². The van der Waals surface area contributed by atoms with Crippen molar-refractivity contribution in [2.75, 3.05) is 7.11 Å². The van der Waals surface area contributed by atoms with Crippen LogP contribution in [0.2, 0.25) is 0 Å². The lowest BCUT2D eigenvalue weighted by Gasteiger charge is -1.95. The molecule has 0 heterocycles. The second-order valence-corrected chi connectivity index (χ2v) is 2.79. The van der Waals surface area contributed by atoms with Crippen molar-refractivity contribution in [2.45, 2.75) is 13.3 Å². The van der Waals surface area contributed by atoms with E-state index < -0.39 is 10.4 Å². The topological polar surface area (TPSA) is 52.6 Å². The highest BCUT2D eigenvalue weighted by atomic mass is 32.3. The van der Waals surface area contributed by atoms with Crippen LogP contribution in [-0.2, 0) is 18.8 Å². The van der Waals surface area contributed by atoms with Gasteiger partial charge in [0, 0.05) is 0 Å². The van der Waals surface area contributed by atoms with Crippen LogP contribution in [0.25, 0.3) is 0 Å². The SMILES string of the molecule is CCC=COS(=O)(=O)OC. The highest BCUT2D eigenvalue weighted by Gasteiger charge is 2.04. The summed E-state index contributed by atoms with van der Waals surface area (Å²) in [5.41, 5.74) is 0. The number of allylic oxidation sites excluding steroid dienone is 1. The van der Waals surface area contributed by atoms with Gasteiger partial charge in [0.15, 0.2) is 0 Å². The molecule has 0 atom stereocenters. The van der Waals surface area contributed by atoms with Gasteiger partial charge in [0.2, 0.25) is 0 Å². The molecule has 0 amide bonds. The van der Waals surface area contributed by atoms with E-state index in [1.165, 1.54) is 0 Å². The minimum atomic E-state index is -3.78. The first kappa shape index (κ1) is 9.45. The summed E-state index contributed by atoms with van der Waals surface area (Å²) in [6.07, 6.45) is 3.37. The molecule has 60 valence electrons. The Labute approximate surface area is 60.8 Å². The molecule has 0 unspecified atom stereocenters. The summed E-state index contributed by atoms with van der Waals surface area (Å²) in [7, 11) is -2.74. The standard InChI is InChI=1S/C5H10O4S/c1-3-4-5-9-10(6,7)8-2/h4-5H,3H2,1-2H3. The molecule has 0 aliphatic carbocycles. The van der Waals surface area contributed by atoms with Gasteiger partial charge in [-0.05, 0) is 12.5 Å². The third-order valence-corrected chi connectivity index (χ3v) is 1.46. The molecule has 4 nitrogen and oxygen atoms in total. The molecule has 0 spiro atoms.